The van der Waals surface area contributed by atoms with Gasteiger partial charge >= 0.3 is 0 Å². The third-order valence-electron chi connectivity index (χ3n) is 1.82. The Morgan fingerprint density at radius 1 is 1.35 bits per heavy atom. The Balaban J connectivity index is 3.36. The van der Waals surface area contributed by atoms with Crippen LogP contribution in [0.15, 0.2) is 23.1 Å². The molecule has 1 N–H and O–H groups in total. The Morgan fingerprint density at radius 2 is 1.94 bits per heavy atom. The van der Waals surface area contributed by atoms with Crippen LogP contribution in [0.2, 0.25) is 0 Å². The fourth-order valence-corrected chi connectivity index (χ4v) is 2.88. The molecule has 0 aliphatic heterocycles. The van der Waals surface area contributed by atoms with E-state index in [0.717, 1.165) is 6.07 Å². The van der Waals surface area contributed by atoms with Gasteiger partial charge in [0, 0.05) is 5.54 Å². The molecule has 0 heterocycles. The van der Waals surface area contributed by atoms with Crippen molar-refractivity contribution in [1.82, 2.24) is 4.72 Å². The number of nitrogens with one attached hydrogen (secondary N) is 1. The lowest BCUT2D eigenvalue weighted by Crippen LogP contribution is -2.40. The van der Waals surface area contributed by atoms with Gasteiger partial charge in [-0.1, -0.05) is 6.07 Å². The predicted molar refractivity (Wildman–Crippen MR) is 61.2 cm³/mol. The summed E-state index contributed by atoms with van der Waals surface area (Å²) in [6.07, 6.45) is 0. The van der Waals surface area contributed by atoms with E-state index in [1.54, 1.807) is 26.8 Å². The molecule has 0 saturated carbocycles. The van der Waals surface area contributed by atoms with Crippen molar-refractivity contribution in [3.8, 4) is 6.07 Å². The van der Waals surface area contributed by atoms with E-state index in [9.17, 15) is 12.8 Å². The van der Waals surface area contributed by atoms with Crippen LogP contribution < -0.4 is 4.72 Å². The molecule has 0 spiro atoms. The summed E-state index contributed by atoms with van der Waals surface area (Å²) in [7, 11) is -3.90. The maximum atomic E-state index is 13.3. The van der Waals surface area contributed by atoms with E-state index in [4.69, 9.17) is 5.26 Å². The molecule has 0 aliphatic rings. The Kier molecular flexibility index (Phi) is 3.55. The fourth-order valence-electron chi connectivity index (χ4n) is 1.29. The summed E-state index contributed by atoms with van der Waals surface area (Å²) in [4.78, 5) is -0.338. The lowest BCUT2D eigenvalue weighted by atomic mass is 10.1. The van der Waals surface area contributed by atoms with Gasteiger partial charge in [-0.25, -0.2) is 17.5 Å². The van der Waals surface area contributed by atoms with Crippen molar-refractivity contribution in [3.63, 3.8) is 0 Å². The van der Waals surface area contributed by atoms with E-state index >= 15 is 0 Å². The van der Waals surface area contributed by atoms with Gasteiger partial charge in [-0.15, -0.1) is 0 Å². The third kappa shape index (κ3) is 3.25. The molecule has 0 aliphatic carbocycles. The molecular weight excluding hydrogens is 243 g/mol. The molecule has 0 bridgehead atoms. The molecule has 0 fully saturated rings. The first-order chi connectivity index (χ1) is 7.67. The molecule has 4 nitrogen and oxygen atoms in total. The van der Waals surface area contributed by atoms with E-state index in [2.05, 4.69) is 4.72 Å². The first-order valence-electron chi connectivity index (χ1n) is 4.90. The number of halogens is 1. The summed E-state index contributed by atoms with van der Waals surface area (Å²) < 4.78 is 39.6. The maximum Gasteiger partial charge on any atom is 0.242 e. The van der Waals surface area contributed by atoms with Gasteiger partial charge in [-0.2, -0.15) is 5.26 Å². The molecule has 0 amide bonds. The minimum absolute atomic E-state index is 0.338. The van der Waals surface area contributed by atoms with Crippen molar-refractivity contribution < 1.29 is 12.8 Å². The summed E-state index contributed by atoms with van der Waals surface area (Å²) in [5, 5.41) is 8.78. The second kappa shape index (κ2) is 4.43. The highest BCUT2D eigenvalue weighted by atomic mass is 32.2. The van der Waals surface area contributed by atoms with Gasteiger partial charge in [-0.05, 0) is 32.9 Å². The largest absolute Gasteiger partial charge is 0.242 e. The maximum absolute atomic E-state index is 13.3. The van der Waals surface area contributed by atoms with Gasteiger partial charge < -0.3 is 0 Å². The van der Waals surface area contributed by atoms with Crippen LogP contribution in [-0.2, 0) is 10.0 Å². The summed E-state index contributed by atoms with van der Waals surface area (Å²) in [5.41, 5.74) is -1.16. The van der Waals surface area contributed by atoms with Gasteiger partial charge in [-0.3, -0.25) is 0 Å². The van der Waals surface area contributed by atoms with Crippen molar-refractivity contribution in [2.24, 2.45) is 0 Å². The van der Waals surface area contributed by atoms with Crippen LogP contribution in [-0.4, -0.2) is 14.0 Å². The van der Waals surface area contributed by atoms with Crippen LogP contribution in [0.5, 0.6) is 0 Å². The number of nitriles is 1. The Morgan fingerprint density at radius 3 is 2.41 bits per heavy atom. The summed E-state index contributed by atoms with van der Waals surface area (Å²) in [6.45, 7) is 4.99. The monoisotopic (exact) mass is 256 g/mol. The minimum atomic E-state index is -3.90. The van der Waals surface area contributed by atoms with Crippen molar-refractivity contribution in [1.29, 1.82) is 5.26 Å². The first-order valence-corrected chi connectivity index (χ1v) is 6.38. The van der Waals surface area contributed by atoms with Crippen LogP contribution in [0, 0.1) is 17.1 Å². The molecule has 92 valence electrons. The average molecular weight is 256 g/mol. The first kappa shape index (κ1) is 13.6. The molecule has 0 radical (unpaired) electrons. The van der Waals surface area contributed by atoms with Crippen molar-refractivity contribution >= 4 is 10.0 Å². The van der Waals surface area contributed by atoms with Gasteiger partial charge in [0.2, 0.25) is 10.0 Å². The Labute approximate surface area is 100 Å². The lowest BCUT2D eigenvalue weighted by Gasteiger charge is -2.20. The van der Waals surface area contributed by atoms with Crippen molar-refractivity contribution in [2.45, 2.75) is 31.2 Å². The van der Waals surface area contributed by atoms with Gasteiger partial charge in [0.15, 0.2) is 0 Å². The zero-order valence-corrected chi connectivity index (χ0v) is 10.6. The predicted octanol–water partition coefficient (Wildman–Crippen LogP) is 1.77. The highest BCUT2D eigenvalue weighted by molar-refractivity contribution is 7.89. The normalized spacial score (nSPS) is 12.2. The second-order valence-corrected chi connectivity index (χ2v) is 6.23. The number of hydrogen-bond acceptors (Lipinski definition) is 3. The molecule has 0 atom stereocenters. The standard InChI is InChI=1S/C11H13FN2O2S/c1-11(2,3)14-17(15,16)10-6-4-5-9(12)8(10)7-13/h4-6,14H,1-3H3. The zero-order chi connectivity index (χ0) is 13.3. The van der Waals surface area contributed by atoms with Crippen LogP contribution in [0.1, 0.15) is 26.3 Å². The summed E-state index contributed by atoms with van der Waals surface area (Å²) >= 11 is 0. The van der Waals surface area contributed by atoms with Gasteiger partial charge in [0.05, 0.1) is 0 Å². The van der Waals surface area contributed by atoms with Crippen LogP contribution in [0.4, 0.5) is 4.39 Å². The van der Waals surface area contributed by atoms with E-state index in [0.29, 0.717) is 0 Å². The average Bonchev–Trinajstić information content (AvgIpc) is 2.13. The number of sulfonamides is 1. The zero-order valence-electron chi connectivity index (χ0n) is 9.78. The van der Waals surface area contributed by atoms with Gasteiger partial charge in [0.25, 0.3) is 0 Å². The molecule has 1 aromatic carbocycles. The Bertz CT molecular complexity index is 568. The molecular formula is C11H13FN2O2S. The van der Waals surface area contributed by atoms with Crippen LogP contribution in [0.25, 0.3) is 0 Å². The second-order valence-electron chi connectivity index (χ2n) is 4.58. The number of rotatable bonds is 2. The van der Waals surface area contributed by atoms with Gasteiger partial charge in [0.1, 0.15) is 22.3 Å². The molecule has 1 aromatic rings. The molecule has 0 aromatic heterocycles. The van der Waals surface area contributed by atoms with Crippen molar-refractivity contribution in [2.75, 3.05) is 0 Å². The lowest BCUT2D eigenvalue weighted by molar-refractivity contribution is 0.490. The summed E-state index contributed by atoms with van der Waals surface area (Å²) in [5.74, 6) is -0.843. The molecule has 17 heavy (non-hydrogen) atoms. The van der Waals surface area contributed by atoms with E-state index in [1.165, 1.54) is 12.1 Å². The quantitative estimate of drug-likeness (QED) is 0.876. The van der Waals surface area contributed by atoms with E-state index in [1.807, 2.05) is 0 Å². The molecule has 0 saturated heterocycles. The SMILES string of the molecule is CC(C)(C)NS(=O)(=O)c1cccc(F)c1C#N. The molecule has 1 rings (SSSR count). The van der Waals surface area contributed by atoms with E-state index < -0.39 is 26.9 Å². The minimum Gasteiger partial charge on any atom is -0.207 e. The topological polar surface area (TPSA) is 70.0 Å². The number of nitrogens with zero attached hydrogens (tertiary/aromatic N) is 1. The number of benzene rings is 1. The van der Waals surface area contributed by atoms with E-state index in [-0.39, 0.29) is 4.90 Å². The fraction of sp³-hybridized carbons (Fsp3) is 0.364. The molecule has 6 heteroatoms. The summed E-state index contributed by atoms with van der Waals surface area (Å²) in [6, 6.07) is 5.07. The van der Waals surface area contributed by atoms with Crippen LogP contribution in [0.3, 0.4) is 0 Å². The smallest absolute Gasteiger partial charge is 0.207 e. The van der Waals surface area contributed by atoms with Crippen molar-refractivity contribution in [3.05, 3.63) is 29.6 Å². The Hall–Kier alpha value is -1.45. The van der Waals surface area contributed by atoms with Crippen LogP contribution >= 0.6 is 0 Å². The third-order valence-corrected chi connectivity index (χ3v) is 3.62. The highest BCUT2D eigenvalue weighted by Gasteiger charge is 2.25. The highest BCUT2D eigenvalue weighted by Crippen LogP contribution is 2.19. The number of hydrogen-bond donors (Lipinski definition) is 1. The molecule has 0 unspecified atom stereocenters.